The molecule has 1 saturated heterocycles. The predicted octanol–water partition coefficient (Wildman–Crippen LogP) is 4.64. The summed E-state index contributed by atoms with van der Waals surface area (Å²) in [6.45, 7) is 0.504. The Kier molecular flexibility index (Phi) is 13.9. The van der Waals surface area contributed by atoms with Crippen molar-refractivity contribution in [3.05, 3.63) is 64.7 Å². The molecule has 2 N–H and O–H groups in total. The van der Waals surface area contributed by atoms with Crippen LogP contribution in [0, 0.1) is 11.8 Å². The van der Waals surface area contributed by atoms with Gasteiger partial charge in [0.15, 0.2) is 15.6 Å². The number of methoxy groups -OCH3 is 1. The standard InChI is InChI=1S/C34H37ClF7N3O8S/c1-18(2)25(28(47)34(41,42)30(49)43-17-32(36,37)38)14-27(46)26-13-24(54(51,52)16-20-8-10-23(53-4)11-9-20)15-45(26)29(48)19(3)44-31(50)33(39,40)21-6-5-7-22(35)12-21/h5-12,18-19,24-26H,13-17H2,1-4H3,(H,43,49)(H,44,50)/t19-,24+,25-,26-/m0/s1. The van der Waals surface area contributed by atoms with Gasteiger partial charge in [-0.15, -0.1) is 0 Å². The van der Waals surface area contributed by atoms with Crippen molar-refractivity contribution in [1.29, 1.82) is 0 Å². The zero-order valence-corrected chi connectivity index (χ0v) is 30.8. The van der Waals surface area contributed by atoms with E-state index in [1.54, 1.807) is 0 Å². The van der Waals surface area contributed by atoms with Gasteiger partial charge in [0, 0.05) is 29.5 Å². The molecule has 4 atom stereocenters. The number of hydrogen-bond acceptors (Lipinski definition) is 8. The maximum atomic E-state index is 15.0. The van der Waals surface area contributed by atoms with Gasteiger partial charge in [-0.25, -0.2) is 8.42 Å². The number of rotatable bonds is 16. The Bertz CT molecular complexity index is 1840. The Labute approximate surface area is 310 Å². The van der Waals surface area contributed by atoms with Crippen molar-refractivity contribution in [2.75, 3.05) is 20.2 Å². The van der Waals surface area contributed by atoms with Crippen LogP contribution in [-0.2, 0) is 45.5 Å². The number of halogens is 8. The first-order valence-corrected chi connectivity index (χ1v) is 18.3. The van der Waals surface area contributed by atoms with Crippen molar-refractivity contribution >= 4 is 50.7 Å². The van der Waals surface area contributed by atoms with Crippen LogP contribution in [0.4, 0.5) is 30.7 Å². The van der Waals surface area contributed by atoms with E-state index in [2.05, 4.69) is 0 Å². The van der Waals surface area contributed by atoms with Crippen molar-refractivity contribution in [2.45, 2.75) is 74.7 Å². The molecule has 298 valence electrons. The quantitative estimate of drug-likeness (QED) is 0.184. The highest BCUT2D eigenvalue weighted by molar-refractivity contribution is 7.91. The second-order valence-electron chi connectivity index (χ2n) is 13.1. The van der Waals surface area contributed by atoms with E-state index in [0.29, 0.717) is 10.6 Å². The van der Waals surface area contributed by atoms with Gasteiger partial charge >= 0.3 is 18.0 Å². The van der Waals surface area contributed by atoms with E-state index in [0.717, 1.165) is 30.4 Å². The number of benzene rings is 2. The number of carbonyl (C=O) groups is 5. The topological polar surface area (TPSA) is 156 Å². The highest BCUT2D eigenvalue weighted by Gasteiger charge is 2.53. The molecule has 1 aliphatic heterocycles. The minimum absolute atomic E-state index is 0.123. The molecule has 3 amide bonds. The van der Waals surface area contributed by atoms with Crippen LogP contribution in [-0.4, -0.2) is 92.2 Å². The zero-order chi connectivity index (χ0) is 41.0. The van der Waals surface area contributed by atoms with Crippen molar-refractivity contribution in [2.24, 2.45) is 11.8 Å². The van der Waals surface area contributed by atoms with E-state index in [9.17, 15) is 54.3 Å². The van der Waals surface area contributed by atoms with Gasteiger partial charge in [-0.2, -0.15) is 30.7 Å². The summed E-state index contributed by atoms with van der Waals surface area (Å²) in [5.41, 5.74) is -0.539. The number of ketones is 2. The van der Waals surface area contributed by atoms with Crippen LogP contribution in [0.25, 0.3) is 0 Å². The lowest BCUT2D eigenvalue weighted by molar-refractivity contribution is -0.167. The Balaban J connectivity index is 1.92. The van der Waals surface area contributed by atoms with Crippen molar-refractivity contribution in [1.82, 2.24) is 15.5 Å². The largest absolute Gasteiger partial charge is 0.497 e. The fourth-order valence-electron chi connectivity index (χ4n) is 5.71. The predicted molar refractivity (Wildman–Crippen MR) is 179 cm³/mol. The number of ether oxygens (including phenoxy) is 1. The second kappa shape index (κ2) is 17.0. The smallest absolute Gasteiger partial charge is 0.405 e. The number of carbonyl (C=O) groups excluding carboxylic acids is 5. The molecule has 54 heavy (non-hydrogen) atoms. The number of nitrogens with zero attached hydrogens (tertiary/aromatic N) is 1. The molecule has 0 bridgehead atoms. The summed E-state index contributed by atoms with van der Waals surface area (Å²) in [5.74, 6) is -21.6. The van der Waals surface area contributed by atoms with Crippen molar-refractivity contribution < 1.29 is 67.9 Å². The average Bonchev–Trinajstić information content (AvgIpc) is 3.55. The Morgan fingerprint density at radius 1 is 0.944 bits per heavy atom. The van der Waals surface area contributed by atoms with E-state index in [1.807, 2.05) is 5.32 Å². The summed E-state index contributed by atoms with van der Waals surface area (Å²) in [6.07, 6.45) is -6.84. The van der Waals surface area contributed by atoms with Gasteiger partial charge in [0.25, 0.3) is 11.8 Å². The van der Waals surface area contributed by atoms with E-state index in [4.69, 9.17) is 16.3 Å². The van der Waals surface area contributed by atoms with E-state index in [-0.39, 0.29) is 10.6 Å². The summed E-state index contributed by atoms with van der Waals surface area (Å²) in [4.78, 5) is 65.7. The molecule has 0 saturated carbocycles. The third kappa shape index (κ3) is 10.7. The van der Waals surface area contributed by atoms with Gasteiger partial charge in [0.05, 0.1) is 24.2 Å². The number of Topliss-reactive ketones (excluding diaryl/α,β-unsaturated/α-hetero) is 2. The molecular formula is C34H37ClF7N3O8S. The van der Waals surface area contributed by atoms with E-state index >= 15 is 8.78 Å². The number of alkyl halides is 7. The zero-order valence-electron chi connectivity index (χ0n) is 29.2. The van der Waals surface area contributed by atoms with Gasteiger partial charge in [-0.05, 0) is 49.1 Å². The van der Waals surface area contributed by atoms with Gasteiger partial charge in [-0.3, -0.25) is 24.0 Å². The van der Waals surface area contributed by atoms with Crippen molar-refractivity contribution in [3.63, 3.8) is 0 Å². The molecule has 2 aromatic carbocycles. The minimum Gasteiger partial charge on any atom is -0.497 e. The molecule has 3 rings (SSSR count). The SMILES string of the molecule is COc1ccc(CS(=O)(=O)[C@@H]2C[C@@H](C(=O)C[C@H](C(=O)C(F)(F)C(=O)NCC(F)(F)F)C(C)C)N(C(=O)[C@H](C)NC(=O)C(F)(F)c3cccc(Cl)c3)C2)cc1. The third-order valence-electron chi connectivity index (χ3n) is 8.75. The number of hydrogen-bond donors (Lipinski definition) is 2. The molecule has 0 unspecified atom stereocenters. The van der Waals surface area contributed by atoms with Gasteiger partial charge in [0.2, 0.25) is 11.7 Å². The average molecular weight is 816 g/mol. The van der Waals surface area contributed by atoms with Crippen LogP contribution in [0.2, 0.25) is 5.02 Å². The number of amides is 3. The summed E-state index contributed by atoms with van der Waals surface area (Å²) < 4.78 is 130. The van der Waals surface area contributed by atoms with Gasteiger partial charge in [0.1, 0.15) is 18.3 Å². The number of sulfone groups is 1. The number of nitrogens with one attached hydrogen (secondary N) is 2. The van der Waals surface area contributed by atoms with Crippen LogP contribution in [0.3, 0.4) is 0 Å². The highest BCUT2D eigenvalue weighted by atomic mass is 35.5. The fraction of sp³-hybridized carbons (Fsp3) is 0.500. The van der Waals surface area contributed by atoms with Crippen LogP contribution in [0.5, 0.6) is 5.75 Å². The monoisotopic (exact) mass is 815 g/mol. The molecule has 2 aromatic rings. The molecule has 11 nitrogen and oxygen atoms in total. The lowest BCUT2D eigenvalue weighted by Crippen LogP contribution is -2.54. The minimum atomic E-state index is -5.09. The molecule has 0 spiro atoms. The molecule has 20 heteroatoms. The maximum absolute atomic E-state index is 15.0. The first kappa shape index (κ1) is 44.1. The summed E-state index contributed by atoms with van der Waals surface area (Å²) in [6, 6.07) is 6.42. The summed E-state index contributed by atoms with van der Waals surface area (Å²) >= 11 is 5.77. The Morgan fingerprint density at radius 3 is 2.09 bits per heavy atom. The molecular weight excluding hydrogens is 779 g/mol. The lowest BCUT2D eigenvalue weighted by Gasteiger charge is -2.29. The molecule has 1 heterocycles. The lowest BCUT2D eigenvalue weighted by atomic mass is 9.82. The summed E-state index contributed by atoms with van der Waals surface area (Å²) in [7, 11) is -2.85. The van der Waals surface area contributed by atoms with Gasteiger partial charge in [-0.1, -0.05) is 49.7 Å². The van der Waals surface area contributed by atoms with Gasteiger partial charge < -0.3 is 20.3 Å². The maximum Gasteiger partial charge on any atom is 0.405 e. The molecule has 0 aliphatic carbocycles. The first-order chi connectivity index (χ1) is 24.8. The van der Waals surface area contributed by atoms with Crippen molar-refractivity contribution in [3.8, 4) is 5.75 Å². The summed E-state index contributed by atoms with van der Waals surface area (Å²) in [5, 5.41) is 1.15. The molecule has 0 radical (unpaired) electrons. The second-order valence-corrected chi connectivity index (χ2v) is 15.8. The van der Waals surface area contributed by atoms with Crippen LogP contribution >= 0.6 is 11.6 Å². The highest BCUT2D eigenvalue weighted by Crippen LogP contribution is 2.34. The molecule has 1 aliphatic rings. The van der Waals surface area contributed by atoms with E-state index < -0.39 is 124 Å². The molecule has 1 fully saturated rings. The van der Waals surface area contributed by atoms with E-state index in [1.165, 1.54) is 51.3 Å². The molecule has 0 aromatic heterocycles. The first-order valence-electron chi connectivity index (χ1n) is 16.2. The third-order valence-corrected chi connectivity index (χ3v) is 11.1. The number of likely N-dealkylation sites (tertiary alicyclic amines) is 1. The normalized spacial score (nSPS) is 17.8. The Morgan fingerprint density at radius 2 is 1.56 bits per heavy atom. The Hall–Kier alpha value is -4.26. The van der Waals surface area contributed by atoms with Crippen LogP contribution < -0.4 is 15.4 Å². The fourth-order valence-corrected chi connectivity index (χ4v) is 7.66. The van der Waals surface area contributed by atoms with Crippen LogP contribution in [0.15, 0.2) is 48.5 Å². The van der Waals surface area contributed by atoms with Crippen LogP contribution in [0.1, 0.15) is 44.7 Å².